The van der Waals surface area contributed by atoms with Gasteiger partial charge in [-0.05, 0) is 6.07 Å². The van der Waals surface area contributed by atoms with Gasteiger partial charge in [-0.2, -0.15) is 0 Å². The monoisotopic (exact) mass is 365 g/mol. The third-order valence-corrected chi connectivity index (χ3v) is 3.66. The van der Waals surface area contributed by atoms with Crippen molar-refractivity contribution in [1.29, 1.82) is 0 Å². The molecule has 0 unspecified atom stereocenters. The number of methoxy groups -OCH3 is 1. The maximum absolute atomic E-state index is 12.4. The minimum absolute atomic E-state index is 0.0504. The molecule has 26 heavy (non-hydrogen) atoms. The molecule has 2 rings (SSSR count). The van der Waals surface area contributed by atoms with Gasteiger partial charge >= 0.3 is 11.9 Å². The molecule has 1 aromatic carbocycles. The Hall–Kier alpha value is -3.47. The molecule has 1 aliphatic heterocycles. The van der Waals surface area contributed by atoms with Gasteiger partial charge < -0.3 is 25.2 Å². The van der Waals surface area contributed by atoms with E-state index >= 15 is 0 Å². The Balaban J connectivity index is 2.50. The molecule has 0 saturated heterocycles. The van der Waals surface area contributed by atoms with Gasteiger partial charge in [0.05, 0.1) is 42.0 Å². The van der Waals surface area contributed by atoms with Crippen molar-refractivity contribution in [2.45, 2.75) is 0 Å². The van der Waals surface area contributed by atoms with Gasteiger partial charge in [0.1, 0.15) is 5.70 Å². The van der Waals surface area contributed by atoms with Crippen LogP contribution >= 0.6 is 0 Å². The van der Waals surface area contributed by atoms with Gasteiger partial charge in [-0.3, -0.25) is 14.9 Å². The average Bonchev–Trinajstić information content (AvgIpc) is 2.90. The van der Waals surface area contributed by atoms with E-state index in [1.54, 1.807) is 0 Å². The molecule has 0 saturated carbocycles. The number of non-ortho nitro benzene ring substituents is 1. The first-order valence-corrected chi connectivity index (χ1v) is 7.30. The van der Waals surface area contributed by atoms with Crippen LogP contribution in [0.4, 0.5) is 11.4 Å². The van der Waals surface area contributed by atoms with Gasteiger partial charge in [0.15, 0.2) is 0 Å². The second kappa shape index (κ2) is 7.61. The molecule has 1 amide bonds. The highest BCUT2D eigenvalue weighted by atomic mass is 16.6. The number of rotatable bonds is 7. The molecule has 3 N–H and O–H groups in total. The van der Waals surface area contributed by atoms with Crippen molar-refractivity contribution >= 4 is 29.2 Å². The topological polar surface area (TPSA) is 159 Å². The Morgan fingerprint density at radius 3 is 2.65 bits per heavy atom. The Labute approximate surface area is 146 Å². The number of hydrogen-bond donors (Lipinski definition) is 3. The molecule has 0 aromatic heterocycles. The molecule has 0 fully saturated rings. The molecule has 11 heteroatoms. The number of aliphatic hydroxyl groups excluding tert-OH is 1. The fourth-order valence-corrected chi connectivity index (χ4v) is 2.42. The predicted molar refractivity (Wildman–Crippen MR) is 86.4 cm³/mol. The SMILES string of the molecule is COC(=O)C1=C(Nc2cc([N+](=O)[O-])ccc2C(=O)O)C(=O)N(CCO)C1. The van der Waals surface area contributed by atoms with E-state index in [4.69, 9.17) is 5.11 Å². The molecular weight excluding hydrogens is 350 g/mol. The van der Waals surface area contributed by atoms with Crippen molar-refractivity contribution in [3.8, 4) is 0 Å². The number of β-amino-alcohol motifs (C(OH)–C–C–N with tert-alkyl or cyclic N) is 1. The zero-order chi connectivity index (χ0) is 19.4. The van der Waals surface area contributed by atoms with Crippen LogP contribution in [0.5, 0.6) is 0 Å². The summed E-state index contributed by atoms with van der Waals surface area (Å²) in [6.07, 6.45) is 0. The Morgan fingerprint density at radius 1 is 1.42 bits per heavy atom. The standard InChI is InChI=1S/C15H15N3O8/c1-26-15(23)10-7-17(4-5-19)13(20)12(10)16-11-6-8(18(24)25)2-3-9(11)14(21)22/h2-3,6,16,19H,4-5,7H2,1H3,(H,21,22). The molecule has 11 nitrogen and oxygen atoms in total. The lowest BCUT2D eigenvalue weighted by Gasteiger charge is -2.15. The highest BCUT2D eigenvalue weighted by Crippen LogP contribution is 2.28. The van der Waals surface area contributed by atoms with Gasteiger partial charge in [0.2, 0.25) is 0 Å². The summed E-state index contributed by atoms with van der Waals surface area (Å²) in [5.41, 5.74) is -1.26. The zero-order valence-electron chi connectivity index (χ0n) is 13.6. The first-order valence-electron chi connectivity index (χ1n) is 7.30. The van der Waals surface area contributed by atoms with Crippen LogP contribution < -0.4 is 5.32 Å². The van der Waals surface area contributed by atoms with E-state index in [0.717, 1.165) is 30.2 Å². The summed E-state index contributed by atoms with van der Waals surface area (Å²) in [5, 5.41) is 31.7. The lowest BCUT2D eigenvalue weighted by Crippen LogP contribution is -2.31. The molecular formula is C15H15N3O8. The first-order chi connectivity index (χ1) is 12.3. The molecule has 0 atom stereocenters. The number of esters is 1. The summed E-state index contributed by atoms with van der Waals surface area (Å²) < 4.78 is 4.61. The van der Waals surface area contributed by atoms with E-state index < -0.39 is 28.5 Å². The lowest BCUT2D eigenvalue weighted by molar-refractivity contribution is -0.384. The van der Waals surface area contributed by atoms with E-state index in [1.807, 2.05) is 0 Å². The summed E-state index contributed by atoms with van der Waals surface area (Å²) in [7, 11) is 1.11. The molecule has 0 spiro atoms. The van der Waals surface area contributed by atoms with E-state index in [2.05, 4.69) is 10.1 Å². The second-order valence-corrected chi connectivity index (χ2v) is 5.21. The van der Waals surface area contributed by atoms with Crippen molar-refractivity contribution in [1.82, 2.24) is 4.90 Å². The van der Waals surface area contributed by atoms with Crippen LogP contribution in [-0.2, 0) is 14.3 Å². The minimum atomic E-state index is -1.37. The molecule has 1 heterocycles. The predicted octanol–water partition coefficient (Wildman–Crippen LogP) is -0.0335. The van der Waals surface area contributed by atoms with E-state index in [0.29, 0.717) is 0 Å². The smallest absolute Gasteiger partial charge is 0.337 e. The molecule has 0 radical (unpaired) electrons. The lowest BCUT2D eigenvalue weighted by atomic mass is 10.1. The van der Waals surface area contributed by atoms with Crippen molar-refractivity contribution in [3.63, 3.8) is 0 Å². The third kappa shape index (κ3) is 3.62. The number of benzene rings is 1. The molecule has 1 aliphatic rings. The third-order valence-electron chi connectivity index (χ3n) is 3.66. The largest absolute Gasteiger partial charge is 0.478 e. The van der Waals surface area contributed by atoms with Gasteiger partial charge in [0.25, 0.3) is 11.6 Å². The number of carbonyl (C=O) groups is 3. The fraction of sp³-hybridized carbons (Fsp3) is 0.267. The number of carboxylic acid groups (broad SMARTS) is 1. The zero-order valence-corrected chi connectivity index (χ0v) is 13.6. The highest BCUT2D eigenvalue weighted by Gasteiger charge is 2.35. The number of aromatic carboxylic acids is 1. The summed E-state index contributed by atoms with van der Waals surface area (Å²) in [6.45, 7) is -0.540. The minimum Gasteiger partial charge on any atom is -0.478 e. The number of nitro benzene ring substituents is 1. The number of hydrogen-bond acceptors (Lipinski definition) is 8. The number of amides is 1. The highest BCUT2D eigenvalue weighted by molar-refractivity contribution is 6.09. The average molecular weight is 365 g/mol. The summed E-state index contributed by atoms with van der Waals surface area (Å²) in [4.78, 5) is 47.1. The van der Waals surface area contributed by atoms with Crippen LogP contribution in [-0.4, -0.2) is 64.7 Å². The van der Waals surface area contributed by atoms with Gasteiger partial charge in [-0.15, -0.1) is 0 Å². The number of carbonyl (C=O) groups excluding carboxylic acids is 2. The number of nitrogens with zero attached hydrogens (tertiary/aromatic N) is 2. The summed E-state index contributed by atoms with van der Waals surface area (Å²) >= 11 is 0. The number of nitrogens with one attached hydrogen (secondary N) is 1. The van der Waals surface area contributed by atoms with Crippen LogP contribution in [0.2, 0.25) is 0 Å². The Bertz CT molecular complexity index is 817. The van der Waals surface area contributed by atoms with Crippen molar-refractivity contribution in [2.24, 2.45) is 0 Å². The molecule has 138 valence electrons. The number of aliphatic hydroxyl groups is 1. The number of anilines is 1. The van der Waals surface area contributed by atoms with Gasteiger partial charge in [-0.25, -0.2) is 9.59 Å². The van der Waals surface area contributed by atoms with E-state index in [9.17, 15) is 29.6 Å². The van der Waals surface area contributed by atoms with Crippen LogP contribution in [0.1, 0.15) is 10.4 Å². The van der Waals surface area contributed by atoms with Crippen LogP contribution in [0.25, 0.3) is 0 Å². The second-order valence-electron chi connectivity index (χ2n) is 5.21. The number of ether oxygens (including phenoxy) is 1. The summed E-state index contributed by atoms with van der Waals surface area (Å²) in [5.74, 6) is -2.86. The van der Waals surface area contributed by atoms with Gasteiger partial charge in [-0.1, -0.05) is 0 Å². The first kappa shape index (κ1) is 18.9. The van der Waals surface area contributed by atoms with Crippen molar-refractivity contribution in [3.05, 3.63) is 45.1 Å². The van der Waals surface area contributed by atoms with E-state index in [-0.39, 0.29) is 42.2 Å². The maximum atomic E-state index is 12.4. The van der Waals surface area contributed by atoms with Crippen molar-refractivity contribution in [2.75, 3.05) is 32.1 Å². The summed E-state index contributed by atoms with van der Waals surface area (Å²) in [6, 6.07) is 2.98. The van der Waals surface area contributed by atoms with E-state index in [1.165, 1.54) is 0 Å². The molecule has 0 bridgehead atoms. The Kier molecular flexibility index (Phi) is 5.52. The van der Waals surface area contributed by atoms with Crippen LogP contribution in [0.15, 0.2) is 29.5 Å². The normalized spacial score (nSPS) is 13.8. The maximum Gasteiger partial charge on any atom is 0.337 e. The number of carboxylic acids is 1. The van der Waals surface area contributed by atoms with Gasteiger partial charge in [0, 0.05) is 18.7 Å². The van der Waals surface area contributed by atoms with Crippen LogP contribution in [0.3, 0.4) is 0 Å². The number of nitro groups is 1. The Morgan fingerprint density at radius 2 is 2.12 bits per heavy atom. The van der Waals surface area contributed by atoms with Crippen molar-refractivity contribution < 1.29 is 34.3 Å². The quantitative estimate of drug-likeness (QED) is 0.342. The fourth-order valence-electron chi connectivity index (χ4n) is 2.42. The molecule has 1 aromatic rings. The molecule has 0 aliphatic carbocycles. The van der Waals surface area contributed by atoms with Crippen LogP contribution in [0, 0.1) is 10.1 Å².